The number of aromatic nitrogens is 2. The number of aryl methyl sites for hydroxylation is 2. The van der Waals surface area contributed by atoms with Crippen molar-refractivity contribution in [1.29, 1.82) is 0 Å². The lowest BCUT2D eigenvalue weighted by Crippen LogP contribution is -2.44. The Labute approximate surface area is 142 Å². The van der Waals surface area contributed by atoms with Gasteiger partial charge in [-0.15, -0.1) is 0 Å². The van der Waals surface area contributed by atoms with Crippen LogP contribution in [0.25, 0.3) is 5.69 Å². The maximum Gasteiger partial charge on any atom is 0.239 e. The standard InChI is InChI=1S/C18H24N4O2/c1-13-4-6-16(7-5-13)22-17(10-14(2)20-22)19-18(23)12-21-8-9-24-15(3)11-21/h4-7,10,15H,8-9,11-12H2,1-3H3,(H,19,23)/t15-/m1/s1. The molecular formula is C18H24N4O2. The molecule has 1 aliphatic heterocycles. The minimum atomic E-state index is -0.0302. The van der Waals surface area contributed by atoms with Gasteiger partial charge in [-0.3, -0.25) is 9.69 Å². The molecule has 24 heavy (non-hydrogen) atoms. The van der Waals surface area contributed by atoms with Crippen molar-refractivity contribution in [3.63, 3.8) is 0 Å². The fourth-order valence-electron chi connectivity index (χ4n) is 2.89. The van der Waals surface area contributed by atoms with Crippen molar-refractivity contribution in [3.8, 4) is 5.69 Å². The molecule has 1 N–H and O–H groups in total. The lowest BCUT2D eigenvalue weighted by atomic mass is 10.2. The molecule has 0 aliphatic carbocycles. The van der Waals surface area contributed by atoms with Crippen LogP contribution in [0.4, 0.5) is 5.82 Å². The average molecular weight is 328 g/mol. The summed E-state index contributed by atoms with van der Waals surface area (Å²) in [5.41, 5.74) is 2.99. The number of carbonyl (C=O) groups excluding carboxylic acids is 1. The number of anilines is 1. The number of nitrogens with zero attached hydrogens (tertiary/aromatic N) is 3. The predicted octanol–water partition coefficient (Wildman–Crippen LogP) is 2.15. The van der Waals surface area contributed by atoms with Crippen LogP contribution in [-0.2, 0) is 9.53 Å². The highest BCUT2D eigenvalue weighted by Gasteiger charge is 2.20. The lowest BCUT2D eigenvalue weighted by molar-refractivity contribution is -0.119. The number of hydrogen-bond donors (Lipinski definition) is 1. The third-order valence-electron chi connectivity index (χ3n) is 4.07. The molecule has 1 aliphatic rings. The van der Waals surface area contributed by atoms with E-state index in [1.165, 1.54) is 5.56 Å². The van der Waals surface area contributed by atoms with E-state index in [0.717, 1.165) is 24.5 Å². The summed E-state index contributed by atoms with van der Waals surface area (Å²) >= 11 is 0. The van der Waals surface area contributed by atoms with Crippen LogP contribution in [-0.4, -0.2) is 52.9 Å². The Hall–Kier alpha value is -2.18. The first-order valence-electron chi connectivity index (χ1n) is 8.29. The summed E-state index contributed by atoms with van der Waals surface area (Å²) in [5.74, 6) is 0.667. The Morgan fingerprint density at radius 2 is 2.08 bits per heavy atom. The van der Waals surface area contributed by atoms with E-state index in [2.05, 4.69) is 15.3 Å². The van der Waals surface area contributed by atoms with Crippen molar-refractivity contribution in [3.05, 3.63) is 41.6 Å². The molecule has 0 spiro atoms. The van der Waals surface area contributed by atoms with Crippen LogP contribution in [0.3, 0.4) is 0 Å². The maximum atomic E-state index is 12.4. The van der Waals surface area contributed by atoms with E-state index in [4.69, 9.17) is 4.74 Å². The second kappa shape index (κ2) is 7.15. The number of carbonyl (C=O) groups is 1. The molecule has 1 saturated heterocycles. The zero-order chi connectivity index (χ0) is 17.1. The summed E-state index contributed by atoms with van der Waals surface area (Å²) in [7, 11) is 0. The summed E-state index contributed by atoms with van der Waals surface area (Å²) < 4.78 is 7.28. The topological polar surface area (TPSA) is 59.4 Å². The zero-order valence-electron chi connectivity index (χ0n) is 14.5. The number of morpholine rings is 1. The van der Waals surface area contributed by atoms with Gasteiger partial charge in [0.25, 0.3) is 0 Å². The maximum absolute atomic E-state index is 12.4. The van der Waals surface area contributed by atoms with Crippen LogP contribution in [0.5, 0.6) is 0 Å². The Bertz CT molecular complexity index is 708. The molecule has 6 heteroatoms. The molecule has 1 aromatic carbocycles. The van der Waals surface area contributed by atoms with Gasteiger partial charge in [0.15, 0.2) is 0 Å². The van der Waals surface area contributed by atoms with Gasteiger partial charge in [-0.05, 0) is 32.9 Å². The largest absolute Gasteiger partial charge is 0.376 e. The Balaban J connectivity index is 1.70. The molecule has 3 rings (SSSR count). The minimum Gasteiger partial charge on any atom is -0.376 e. The van der Waals surface area contributed by atoms with E-state index in [1.54, 1.807) is 4.68 Å². The molecule has 0 radical (unpaired) electrons. The number of amides is 1. The molecule has 6 nitrogen and oxygen atoms in total. The lowest BCUT2D eigenvalue weighted by Gasteiger charge is -2.30. The number of nitrogens with one attached hydrogen (secondary N) is 1. The Kier molecular flexibility index (Phi) is 4.97. The fourth-order valence-corrected chi connectivity index (χ4v) is 2.89. The van der Waals surface area contributed by atoms with Crippen LogP contribution in [0.15, 0.2) is 30.3 Å². The van der Waals surface area contributed by atoms with E-state index < -0.39 is 0 Å². The van der Waals surface area contributed by atoms with Gasteiger partial charge < -0.3 is 10.1 Å². The summed E-state index contributed by atoms with van der Waals surface area (Å²) in [4.78, 5) is 14.5. The zero-order valence-corrected chi connectivity index (χ0v) is 14.5. The highest BCUT2D eigenvalue weighted by Crippen LogP contribution is 2.18. The number of rotatable bonds is 4. The monoisotopic (exact) mass is 328 g/mol. The molecule has 2 heterocycles. The molecule has 2 aromatic rings. The van der Waals surface area contributed by atoms with Crippen LogP contribution >= 0.6 is 0 Å². The normalized spacial score (nSPS) is 18.5. The summed E-state index contributed by atoms with van der Waals surface area (Å²) in [5, 5.41) is 7.48. The van der Waals surface area contributed by atoms with Gasteiger partial charge in [0.2, 0.25) is 5.91 Å². The molecule has 1 atom stereocenters. The first kappa shape index (κ1) is 16.7. The number of ether oxygens (including phenoxy) is 1. The third kappa shape index (κ3) is 4.01. The Morgan fingerprint density at radius 1 is 1.33 bits per heavy atom. The summed E-state index contributed by atoms with van der Waals surface area (Å²) in [6.07, 6.45) is 0.173. The summed E-state index contributed by atoms with van der Waals surface area (Å²) in [6, 6.07) is 9.96. The van der Waals surface area contributed by atoms with Gasteiger partial charge >= 0.3 is 0 Å². The summed E-state index contributed by atoms with van der Waals surface area (Å²) in [6.45, 7) is 8.60. The van der Waals surface area contributed by atoms with Gasteiger partial charge in [-0.2, -0.15) is 5.10 Å². The van der Waals surface area contributed by atoms with Gasteiger partial charge in [-0.25, -0.2) is 4.68 Å². The first-order valence-corrected chi connectivity index (χ1v) is 8.29. The van der Waals surface area contributed by atoms with Gasteiger partial charge in [0.05, 0.1) is 30.6 Å². The van der Waals surface area contributed by atoms with Gasteiger partial charge in [0, 0.05) is 19.2 Å². The second-order valence-electron chi connectivity index (χ2n) is 6.38. The van der Waals surface area contributed by atoms with Crippen LogP contribution < -0.4 is 5.32 Å². The SMILES string of the molecule is Cc1ccc(-n2nc(C)cc2NC(=O)CN2CCO[C@H](C)C2)cc1. The van der Waals surface area contributed by atoms with Gasteiger partial charge in [0.1, 0.15) is 5.82 Å². The van der Waals surface area contributed by atoms with Crippen LogP contribution in [0, 0.1) is 13.8 Å². The fraction of sp³-hybridized carbons (Fsp3) is 0.444. The highest BCUT2D eigenvalue weighted by molar-refractivity contribution is 5.91. The molecular weight excluding hydrogens is 304 g/mol. The molecule has 0 saturated carbocycles. The smallest absolute Gasteiger partial charge is 0.239 e. The van der Waals surface area contributed by atoms with E-state index in [-0.39, 0.29) is 12.0 Å². The average Bonchev–Trinajstić information content (AvgIpc) is 2.88. The van der Waals surface area contributed by atoms with Crippen molar-refractivity contribution in [2.75, 3.05) is 31.6 Å². The molecule has 0 unspecified atom stereocenters. The van der Waals surface area contributed by atoms with E-state index in [1.807, 2.05) is 51.1 Å². The molecule has 1 amide bonds. The quantitative estimate of drug-likeness (QED) is 0.934. The van der Waals surface area contributed by atoms with E-state index in [0.29, 0.717) is 19.0 Å². The highest BCUT2D eigenvalue weighted by atomic mass is 16.5. The Morgan fingerprint density at radius 3 is 2.79 bits per heavy atom. The second-order valence-corrected chi connectivity index (χ2v) is 6.38. The van der Waals surface area contributed by atoms with Crippen LogP contribution in [0.2, 0.25) is 0 Å². The molecule has 1 aromatic heterocycles. The van der Waals surface area contributed by atoms with Crippen LogP contribution in [0.1, 0.15) is 18.2 Å². The third-order valence-corrected chi connectivity index (χ3v) is 4.07. The number of benzene rings is 1. The van der Waals surface area contributed by atoms with Crippen molar-refractivity contribution in [2.24, 2.45) is 0 Å². The van der Waals surface area contributed by atoms with E-state index in [9.17, 15) is 4.79 Å². The van der Waals surface area contributed by atoms with Crippen molar-refractivity contribution < 1.29 is 9.53 Å². The molecule has 0 bridgehead atoms. The first-order chi connectivity index (χ1) is 11.5. The molecule has 1 fully saturated rings. The molecule has 128 valence electrons. The number of hydrogen-bond acceptors (Lipinski definition) is 4. The van der Waals surface area contributed by atoms with E-state index >= 15 is 0 Å². The predicted molar refractivity (Wildman–Crippen MR) is 93.5 cm³/mol. The van der Waals surface area contributed by atoms with Crippen molar-refractivity contribution in [1.82, 2.24) is 14.7 Å². The van der Waals surface area contributed by atoms with Gasteiger partial charge in [-0.1, -0.05) is 17.7 Å². The van der Waals surface area contributed by atoms with Crippen molar-refractivity contribution >= 4 is 11.7 Å². The minimum absolute atomic E-state index is 0.0302. The van der Waals surface area contributed by atoms with Crippen molar-refractivity contribution in [2.45, 2.75) is 26.9 Å².